The average molecular weight is 221 g/mol. The van der Waals surface area contributed by atoms with Gasteiger partial charge in [-0.15, -0.1) is 0 Å². The zero-order valence-corrected chi connectivity index (χ0v) is 9.98. The van der Waals surface area contributed by atoms with Crippen molar-refractivity contribution in [1.29, 1.82) is 0 Å². The molecule has 1 aromatic carbocycles. The molecule has 0 spiro atoms. The molecule has 0 radical (unpaired) electrons. The first-order valence-electron chi connectivity index (χ1n) is 5.72. The topological polar surface area (TPSA) is 29.5 Å². The molecule has 0 unspecified atom stereocenters. The number of benzene rings is 1. The lowest BCUT2D eigenvalue weighted by atomic mass is 10.2. The molecule has 0 heterocycles. The van der Waals surface area contributed by atoms with Crippen molar-refractivity contribution in [3.63, 3.8) is 0 Å². The number of ether oxygens (including phenoxy) is 1. The van der Waals surface area contributed by atoms with Crippen LogP contribution in [0, 0.1) is 0 Å². The quantitative estimate of drug-likeness (QED) is 0.690. The normalized spacial score (nSPS) is 10.4. The molecular formula is C13H19NO2. The van der Waals surface area contributed by atoms with Crippen molar-refractivity contribution in [2.75, 3.05) is 26.2 Å². The number of esters is 1. The van der Waals surface area contributed by atoms with Gasteiger partial charge >= 0.3 is 5.97 Å². The summed E-state index contributed by atoms with van der Waals surface area (Å²) in [5.74, 6) is -0.243. The standard InChI is InChI=1S/C13H19NO2/c1-3-14(4-2)10-11-16-13(15)12-8-6-5-7-9-12/h5-9H,3-4,10-11H2,1-2H3. The van der Waals surface area contributed by atoms with Crippen LogP contribution in [0.3, 0.4) is 0 Å². The number of carbonyl (C=O) groups excluding carboxylic acids is 1. The van der Waals surface area contributed by atoms with E-state index in [0.717, 1.165) is 19.6 Å². The van der Waals surface area contributed by atoms with Gasteiger partial charge in [-0.25, -0.2) is 4.79 Å². The molecule has 0 atom stereocenters. The highest BCUT2D eigenvalue weighted by Gasteiger charge is 2.06. The number of hydrogen-bond acceptors (Lipinski definition) is 3. The van der Waals surface area contributed by atoms with Crippen molar-refractivity contribution >= 4 is 5.97 Å². The minimum absolute atomic E-state index is 0.243. The van der Waals surface area contributed by atoms with E-state index in [9.17, 15) is 4.79 Å². The molecular weight excluding hydrogens is 202 g/mol. The minimum atomic E-state index is -0.243. The summed E-state index contributed by atoms with van der Waals surface area (Å²) in [5.41, 5.74) is 0.613. The zero-order valence-electron chi connectivity index (χ0n) is 9.98. The Morgan fingerprint density at radius 1 is 1.19 bits per heavy atom. The van der Waals surface area contributed by atoms with E-state index in [1.807, 2.05) is 18.2 Å². The third-order valence-electron chi connectivity index (χ3n) is 2.54. The second-order valence-corrected chi connectivity index (χ2v) is 3.53. The van der Waals surface area contributed by atoms with Crippen LogP contribution < -0.4 is 0 Å². The first kappa shape index (κ1) is 12.7. The van der Waals surface area contributed by atoms with Gasteiger partial charge in [-0.1, -0.05) is 32.0 Å². The predicted octanol–water partition coefficient (Wildman–Crippen LogP) is 2.19. The molecule has 0 aromatic heterocycles. The van der Waals surface area contributed by atoms with E-state index in [0.29, 0.717) is 12.2 Å². The summed E-state index contributed by atoms with van der Waals surface area (Å²) in [5, 5.41) is 0. The van der Waals surface area contributed by atoms with Gasteiger partial charge in [0.15, 0.2) is 0 Å². The Bertz CT molecular complexity index is 307. The zero-order chi connectivity index (χ0) is 11.8. The number of nitrogens with zero attached hydrogens (tertiary/aromatic N) is 1. The number of likely N-dealkylation sites (N-methyl/N-ethyl adjacent to an activating group) is 1. The first-order chi connectivity index (χ1) is 7.77. The molecule has 0 saturated carbocycles. The van der Waals surface area contributed by atoms with Gasteiger partial charge in [-0.3, -0.25) is 0 Å². The van der Waals surface area contributed by atoms with Gasteiger partial charge in [-0.2, -0.15) is 0 Å². The fraction of sp³-hybridized carbons (Fsp3) is 0.462. The van der Waals surface area contributed by atoms with Crippen LogP contribution in [0.1, 0.15) is 24.2 Å². The van der Waals surface area contributed by atoms with Crippen LogP contribution in [0.25, 0.3) is 0 Å². The van der Waals surface area contributed by atoms with Crippen LogP contribution in [0.4, 0.5) is 0 Å². The van der Waals surface area contributed by atoms with E-state index < -0.39 is 0 Å². The van der Waals surface area contributed by atoms with Crippen LogP contribution in [0.2, 0.25) is 0 Å². The van der Waals surface area contributed by atoms with E-state index in [-0.39, 0.29) is 5.97 Å². The van der Waals surface area contributed by atoms with Crippen molar-refractivity contribution < 1.29 is 9.53 Å². The largest absolute Gasteiger partial charge is 0.461 e. The highest BCUT2D eigenvalue weighted by atomic mass is 16.5. The van der Waals surface area contributed by atoms with E-state index in [1.165, 1.54) is 0 Å². The second kappa shape index (κ2) is 7.01. The molecule has 0 N–H and O–H groups in total. The fourth-order valence-electron chi connectivity index (χ4n) is 1.46. The van der Waals surface area contributed by atoms with Crippen molar-refractivity contribution in [3.05, 3.63) is 35.9 Å². The lowest BCUT2D eigenvalue weighted by Gasteiger charge is -2.17. The molecule has 0 aliphatic carbocycles. The highest BCUT2D eigenvalue weighted by Crippen LogP contribution is 2.00. The molecule has 3 heteroatoms. The van der Waals surface area contributed by atoms with Gasteiger partial charge in [0.25, 0.3) is 0 Å². The van der Waals surface area contributed by atoms with Crippen LogP contribution >= 0.6 is 0 Å². The third-order valence-corrected chi connectivity index (χ3v) is 2.54. The molecule has 3 nitrogen and oxygen atoms in total. The Balaban J connectivity index is 2.31. The lowest BCUT2D eigenvalue weighted by Crippen LogP contribution is -2.27. The maximum Gasteiger partial charge on any atom is 0.338 e. The van der Waals surface area contributed by atoms with E-state index in [2.05, 4.69) is 18.7 Å². The Hall–Kier alpha value is -1.35. The molecule has 1 aromatic rings. The van der Waals surface area contributed by atoms with Crippen LogP contribution in [-0.2, 0) is 4.74 Å². The van der Waals surface area contributed by atoms with Gasteiger partial charge in [0, 0.05) is 6.54 Å². The minimum Gasteiger partial charge on any atom is -0.461 e. The summed E-state index contributed by atoms with van der Waals surface area (Å²) in [7, 11) is 0. The molecule has 0 aliphatic heterocycles. The van der Waals surface area contributed by atoms with Crippen LogP contribution in [0.15, 0.2) is 30.3 Å². The number of rotatable bonds is 6. The van der Waals surface area contributed by atoms with E-state index in [4.69, 9.17) is 4.74 Å². The van der Waals surface area contributed by atoms with Gasteiger partial charge in [0.2, 0.25) is 0 Å². The van der Waals surface area contributed by atoms with Crippen molar-refractivity contribution in [3.8, 4) is 0 Å². The molecule has 16 heavy (non-hydrogen) atoms. The number of hydrogen-bond donors (Lipinski definition) is 0. The van der Waals surface area contributed by atoms with Crippen molar-refractivity contribution in [2.45, 2.75) is 13.8 Å². The van der Waals surface area contributed by atoms with Crippen molar-refractivity contribution in [2.24, 2.45) is 0 Å². The molecule has 0 aliphatic rings. The average Bonchev–Trinajstić information content (AvgIpc) is 2.35. The molecule has 0 saturated heterocycles. The summed E-state index contributed by atoms with van der Waals surface area (Å²) < 4.78 is 5.18. The molecule has 1 rings (SSSR count). The summed E-state index contributed by atoms with van der Waals surface area (Å²) in [6.07, 6.45) is 0. The summed E-state index contributed by atoms with van der Waals surface area (Å²) in [4.78, 5) is 13.8. The lowest BCUT2D eigenvalue weighted by molar-refractivity contribution is 0.0466. The van der Waals surface area contributed by atoms with Gasteiger partial charge < -0.3 is 9.64 Å². The smallest absolute Gasteiger partial charge is 0.338 e. The Morgan fingerprint density at radius 2 is 1.81 bits per heavy atom. The first-order valence-corrected chi connectivity index (χ1v) is 5.72. The van der Waals surface area contributed by atoms with Crippen LogP contribution in [-0.4, -0.2) is 37.1 Å². The maximum atomic E-state index is 11.6. The SMILES string of the molecule is CCN(CC)CCOC(=O)c1ccccc1. The maximum absolute atomic E-state index is 11.6. The van der Waals surface area contributed by atoms with Crippen LogP contribution in [0.5, 0.6) is 0 Å². The molecule has 0 fully saturated rings. The van der Waals surface area contributed by atoms with Crippen molar-refractivity contribution in [1.82, 2.24) is 4.90 Å². The van der Waals surface area contributed by atoms with E-state index in [1.54, 1.807) is 12.1 Å². The summed E-state index contributed by atoms with van der Waals surface area (Å²) in [6, 6.07) is 9.08. The highest BCUT2D eigenvalue weighted by molar-refractivity contribution is 5.89. The fourth-order valence-corrected chi connectivity index (χ4v) is 1.46. The molecule has 0 bridgehead atoms. The van der Waals surface area contributed by atoms with E-state index >= 15 is 0 Å². The molecule has 88 valence electrons. The summed E-state index contributed by atoms with van der Waals surface area (Å²) >= 11 is 0. The summed E-state index contributed by atoms with van der Waals surface area (Å²) in [6.45, 7) is 7.42. The predicted molar refractivity (Wildman–Crippen MR) is 64.5 cm³/mol. The monoisotopic (exact) mass is 221 g/mol. The molecule has 0 amide bonds. The van der Waals surface area contributed by atoms with Gasteiger partial charge in [0.1, 0.15) is 6.61 Å². The Morgan fingerprint density at radius 3 is 2.38 bits per heavy atom. The van der Waals surface area contributed by atoms with Gasteiger partial charge in [-0.05, 0) is 25.2 Å². The van der Waals surface area contributed by atoms with Gasteiger partial charge in [0.05, 0.1) is 5.56 Å². The Labute approximate surface area is 97.0 Å². The third kappa shape index (κ3) is 4.03. The second-order valence-electron chi connectivity index (χ2n) is 3.53. The Kier molecular flexibility index (Phi) is 5.57. The number of carbonyl (C=O) groups is 1.